The third-order valence-corrected chi connectivity index (χ3v) is 6.21. The van der Waals surface area contributed by atoms with Crippen LogP contribution in [0.15, 0.2) is 0 Å². The predicted octanol–water partition coefficient (Wildman–Crippen LogP) is 3.53. The van der Waals surface area contributed by atoms with E-state index in [1.807, 2.05) is 0 Å². The number of ether oxygens (including phenoxy) is 2. The number of halogens is 1. The summed E-state index contributed by atoms with van der Waals surface area (Å²) in [5.41, 5.74) is 0.613. The van der Waals surface area contributed by atoms with E-state index in [0.717, 1.165) is 32.0 Å². The van der Waals surface area contributed by atoms with Gasteiger partial charge in [-0.3, -0.25) is 0 Å². The van der Waals surface area contributed by atoms with Crippen LogP contribution in [0.3, 0.4) is 0 Å². The Morgan fingerprint density at radius 3 is 2.12 bits per heavy atom. The molecule has 0 bridgehead atoms. The molecule has 0 aromatic rings. The van der Waals surface area contributed by atoms with Crippen LogP contribution in [-0.4, -0.2) is 23.4 Å². The van der Waals surface area contributed by atoms with Crippen molar-refractivity contribution in [3.63, 3.8) is 0 Å². The summed E-state index contributed by atoms with van der Waals surface area (Å²) in [4.78, 5) is 0. The summed E-state index contributed by atoms with van der Waals surface area (Å²) in [6.07, 6.45) is 9.31. The van der Waals surface area contributed by atoms with Crippen LogP contribution >= 0.6 is 22.6 Å². The molecule has 0 aromatic heterocycles. The molecule has 2 aliphatic carbocycles. The monoisotopic (exact) mass is 336 g/mol. The van der Waals surface area contributed by atoms with Gasteiger partial charge in [0, 0.05) is 17.3 Å². The van der Waals surface area contributed by atoms with Gasteiger partial charge in [-0.2, -0.15) is 0 Å². The molecule has 1 spiro atoms. The SMILES string of the molecule is ICC1(CC2CC2)CCC2(CC1)OCCO2. The van der Waals surface area contributed by atoms with Gasteiger partial charge in [-0.05, 0) is 30.6 Å². The molecule has 1 heterocycles. The van der Waals surface area contributed by atoms with Crippen molar-refractivity contribution < 1.29 is 9.47 Å². The first kappa shape index (κ1) is 11.7. The topological polar surface area (TPSA) is 18.5 Å². The summed E-state index contributed by atoms with van der Waals surface area (Å²) >= 11 is 2.59. The zero-order valence-corrected chi connectivity index (χ0v) is 12.0. The molecule has 3 heteroatoms. The third kappa shape index (κ3) is 2.27. The zero-order chi connectivity index (χ0) is 11.1. The molecular formula is C13H21IO2. The van der Waals surface area contributed by atoms with Gasteiger partial charge in [0.05, 0.1) is 13.2 Å². The normalized spacial score (nSPS) is 32.1. The number of hydrogen-bond acceptors (Lipinski definition) is 2. The van der Waals surface area contributed by atoms with E-state index in [1.54, 1.807) is 0 Å². The van der Waals surface area contributed by atoms with E-state index in [1.165, 1.54) is 36.5 Å². The minimum atomic E-state index is -0.168. The van der Waals surface area contributed by atoms with Crippen molar-refractivity contribution in [1.82, 2.24) is 0 Å². The maximum Gasteiger partial charge on any atom is 0.168 e. The van der Waals surface area contributed by atoms with E-state index in [9.17, 15) is 0 Å². The fourth-order valence-electron chi connectivity index (χ4n) is 3.27. The van der Waals surface area contributed by atoms with Crippen molar-refractivity contribution >= 4 is 22.6 Å². The van der Waals surface area contributed by atoms with E-state index in [2.05, 4.69) is 22.6 Å². The van der Waals surface area contributed by atoms with Crippen LogP contribution in [0.25, 0.3) is 0 Å². The smallest absolute Gasteiger partial charge is 0.168 e. The van der Waals surface area contributed by atoms with Crippen LogP contribution in [0.5, 0.6) is 0 Å². The first-order valence-corrected chi connectivity index (χ1v) is 8.12. The van der Waals surface area contributed by atoms with Gasteiger partial charge in [0.1, 0.15) is 0 Å². The third-order valence-electron chi connectivity index (χ3n) is 4.59. The molecule has 1 aliphatic heterocycles. The molecule has 2 saturated carbocycles. The minimum absolute atomic E-state index is 0.168. The van der Waals surface area contributed by atoms with Crippen LogP contribution < -0.4 is 0 Å². The van der Waals surface area contributed by atoms with Crippen molar-refractivity contribution in [3.8, 4) is 0 Å². The Labute approximate surface area is 112 Å². The fraction of sp³-hybridized carbons (Fsp3) is 1.00. The molecule has 3 aliphatic rings. The molecule has 3 fully saturated rings. The number of alkyl halides is 1. The summed E-state index contributed by atoms with van der Waals surface area (Å²) in [6, 6.07) is 0. The van der Waals surface area contributed by atoms with Crippen LogP contribution in [0.4, 0.5) is 0 Å². The van der Waals surface area contributed by atoms with E-state index in [4.69, 9.17) is 9.47 Å². The first-order chi connectivity index (χ1) is 7.76. The lowest BCUT2D eigenvalue weighted by atomic mass is 9.70. The lowest BCUT2D eigenvalue weighted by molar-refractivity contribution is -0.190. The molecule has 16 heavy (non-hydrogen) atoms. The van der Waals surface area contributed by atoms with Gasteiger partial charge in [-0.1, -0.05) is 35.4 Å². The van der Waals surface area contributed by atoms with Crippen LogP contribution in [0.2, 0.25) is 0 Å². The molecule has 1 saturated heterocycles. The van der Waals surface area contributed by atoms with E-state index >= 15 is 0 Å². The van der Waals surface area contributed by atoms with Gasteiger partial charge in [0.15, 0.2) is 5.79 Å². The minimum Gasteiger partial charge on any atom is -0.348 e. The Hall–Kier alpha value is 0.650. The number of rotatable bonds is 3. The lowest BCUT2D eigenvalue weighted by Gasteiger charge is -2.43. The highest BCUT2D eigenvalue weighted by atomic mass is 127. The molecule has 3 rings (SSSR count). The maximum atomic E-state index is 5.82. The number of hydrogen-bond donors (Lipinski definition) is 0. The van der Waals surface area contributed by atoms with Gasteiger partial charge < -0.3 is 9.47 Å². The Morgan fingerprint density at radius 1 is 1.00 bits per heavy atom. The maximum absolute atomic E-state index is 5.82. The van der Waals surface area contributed by atoms with Crippen LogP contribution in [0, 0.1) is 11.3 Å². The largest absolute Gasteiger partial charge is 0.348 e. The van der Waals surface area contributed by atoms with Crippen LogP contribution in [-0.2, 0) is 9.47 Å². The Bertz CT molecular complexity index is 247. The highest BCUT2D eigenvalue weighted by molar-refractivity contribution is 14.1. The summed E-state index contributed by atoms with van der Waals surface area (Å²) < 4.78 is 12.9. The summed E-state index contributed by atoms with van der Waals surface area (Å²) in [6.45, 7) is 1.61. The van der Waals surface area contributed by atoms with Crippen molar-refractivity contribution in [2.24, 2.45) is 11.3 Å². The molecule has 0 aromatic carbocycles. The summed E-state index contributed by atoms with van der Waals surface area (Å²) in [7, 11) is 0. The molecular weight excluding hydrogens is 315 g/mol. The second kappa shape index (κ2) is 4.39. The van der Waals surface area contributed by atoms with Gasteiger partial charge in [-0.25, -0.2) is 0 Å². The van der Waals surface area contributed by atoms with Crippen molar-refractivity contribution in [2.75, 3.05) is 17.6 Å². The molecule has 0 N–H and O–H groups in total. The second-order valence-corrected chi connectivity index (χ2v) is 6.65. The Kier molecular flexibility index (Phi) is 3.22. The summed E-state index contributed by atoms with van der Waals surface area (Å²) in [5, 5.41) is 0. The van der Waals surface area contributed by atoms with Gasteiger partial charge in [0.2, 0.25) is 0 Å². The second-order valence-electron chi connectivity index (χ2n) is 5.89. The first-order valence-electron chi connectivity index (χ1n) is 6.60. The van der Waals surface area contributed by atoms with E-state index < -0.39 is 0 Å². The van der Waals surface area contributed by atoms with Crippen molar-refractivity contribution in [2.45, 2.75) is 50.7 Å². The quantitative estimate of drug-likeness (QED) is 0.580. The van der Waals surface area contributed by atoms with E-state index in [-0.39, 0.29) is 5.79 Å². The highest BCUT2D eigenvalue weighted by Crippen LogP contribution is 2.52. The fourth-order valence-corrected chi connectivity index (χ4v) is 4.35. The average molecular weight is 336 g/mol. The standard InChI is InChI=1S/C13H21IO2/c14-10-12(9-11-1-2-11)3-5-13(6-4-12)15-7-8-16-13/h11H,1-10H2. The van der Waals surface area contributed by atoms with Crippen molar-refractivity contribution in [1.29, 1.82) is 0 Å². The Balaban J connectivity index is 1.62. The summed E-state index contributed by atoms with van der Waals surface area (Å²) in [5.74, 6) is 0.882. The Morgan fingerprint density at radius 2 is 1.62 bits per heavy atom. The van der Waals surface area contributed by atoms with Crippen LogP contribution in [0.1, 0.15) is 44.9 Å². The van der Waals surface area contributed by atoms with Gasteiger partial charge in [-0.15, -0.1) is 0 Å². The molecule has 2 nitrogen and oxygen atoms in total. The average Bonchev–Trinajstić information content (AvgIpc) is 3.01. The molecule has 0 unspecified atom stereocenters. The predicted molar refractivity (Wildman–Crippen MR) is 71.8 cm³/mol. The molecule has 0 atom stereocenters. The molecule has 0 radical (unpaired) electrons. The van der Waals surface area contributed by atoms with Crippen molar-refractivity contribution in [3.05, 3.63) is 0 Å². The molecule has 92 valence electrons. The van der Waals surface area contributed by atoms with Gasteiger partial charge >= 0.3 is 0 Å². The van der Waals surface area contributed by atoms with E-state index in [0.29, 0.717) is 5.41 Å². The van der Waals surface area contributed by atoms with Gasteiger partial charge in [0.25, 0.3) is 0 Å². The lowest BCUT2D eigenvalue weighted by Crippen LogP contribution is -2.41. The highest BCUT2D eigenvalue weighted by Gasteiger charge is 2.47. The molecule has 0 amide bonds. The zero-order valence-electron chi connectivity index (χ0n) is 9.84.